The number of nitrogens with one attached hydrogen (secondary N) is 4. The standard InChI is InChI=1S/C18H24N6O6/c25-14-4-3-11(22-14)16(28)23-12(6-10-7-19-9-21-10)18(30)24-5-1-2-13(24)17(29)20-8-15(26)27/h7,9,11-13H,1-6,8H2,(H,19,21)(H,20,29)(H,22,25)(H,23,28)(H,26,27)/t11-,12+,13+/m0/s1. The Labute approximate surface area is 171 Å². The normalized spacial score (nSPS) is 21.7. The quantitative estimate of drug-likeness (QED) is 0.320. The highest BCUT2D eigenvalue weighted by atomic mass is 16.4. The van der Waals surface area contributed by atoms with Crippen LogP contribution in [-0.2, 0) is 30.4 Å². The number of carboxylic acids is 1. The van der Waals surface area contributed by atoms with Crippen LogP contribution in [0.2, 0.25) is 0 Å². The molecule has 0 saturated carbocycles. The Bertz CT molecular complexity index is 825. The average molecular weight is 420 g/mol. The topological polar surface area (TPSA) is 174 Å². The molecule has 162 valence electrons. The number of aliphatic carboxylic acids is 1. The molecule has 1 aromatic heterocycles. The molecule has 2 aliphatic rings. The van der Waals surface area contributed by atoms with Crippen LogP contribution in [0.15, 0.2) is 12.5 Å². The van der Waals surface area contributed by atoms with Crippen molar-refractivity contribution in [3.8, 4) is 0 Å². The molecule has 5 N–H and O–H groups in total. The van der Waals surface area contributed by atoms with Gasteiger partial charge in [0.2, 0.25) is 23.6 Å². The van der Waals surface area contributed by atoms with Crippen LogP contribution in [0.4, 0.5) is 0 Å². The molecule has 0 aliphatic carbocycles. The maximum absolute atomic E-state index is 13.2. The molecule has 0 spiro atoms. The number of hydrogen-bond donors (Lipinski definition) is 5. The fourth-order valence-corrected chi connectivity index (χ4v) is 3.68. The van der Waals surface area contributed by atoms with Crippen molar-refractivity contribution in [3.63, 3.8) is 0 Å². The van der Waals surface area contributed by atoms with Crippen molar-refractivity contribution in [1.29, 1.82) is 0 Å². The van der Waals surface area contributed by atoms with Crippen LogP contribution in [0, 0.1) is 0 Å². The molecular weight excluding hydrogens is 396 g/mol. The van der Waals surface area contributed by atoms with Gasteiger partial charge in [-0.2, -0.15) is 0 Å². The minimum atomic E-state index is -1.18. The van der Waals surface area contributed by atoms with Crippen molar-refractivity contribution in [3.05, 3.63) is 18.2 Å². The van der Waals surface area contributed by atoms with E-state index in [4.69, 9.17) is 5.11 Å². The molecule has 2 saturated heterocycles. The van der Waals surface area contributed by atoms with Gasteiger partial charge in [0, 0.05) is 31.3 Å². The van der Waals surface area contributed by atoms with Crippen LogP contribution < -0.4 is 16.0 Å². The molecule has 4 amide bonds. The van der Waals surface area contributed by atoms with E-state index in [0.717, 1.165) is 0 Å². The number of nitrogens with zero attached hydrogens (tertiary/aromatic N) is 2. The number of imidazole rings is 1. The minimum Gasteiger partial charge on any atom is -0.480 e. The third-order valence-electron chi connectivity index (χ3n) is 5.16. The molecule has 3 heterocycles. The van der Waals surface area contributed by atoms with Crippen LogP contribution in [-0.4, -0.2) is 80.8 Å². The van der Waals surface area contributed by atoms with Crippen molar-refractivity contribution in [1.82, 2.24) is 30.8 Å². The SMILES string of the molecule is O=C(O)CNC(=O)[C@H]1CCCN1C(=O)[C@@H](Cc1cnc[nH]1)NC(=O)[C@@H]1CCC(=O)N1. The minimum absolute atomic E-state index is 0.130. The van der Waals surface area contributed by atoms with Gasteiger partial charge in [0.05, 0.1) is 6.33 Å². The largest absolute Gasteiger partial charge is 0.480 e. The van der Waals surface area contributed by atoms with Gasteiger partial charge >= 0.3 is 5.97 Å². The van der Waals surface area contributed by atoms with Gasteiger partial charge in [0.1, 0.15) is 24.7 Å². The summed E-state index contributed by atoms with van der Waals surface area (Å²) in [6.07, 6.45) is 4.69. The lowest BCUT2D eigenvalue weighted by molar-refractivity contribution is -0.142. The van der Waals surface area contributed by atoms with E-state index in [1.54, 1.807) is 0 Å². The van der Waals surface area contributed by atoms with Crippen molar-refractivity contribution in [2.24, 2.45) is 0 Å². The van der Waals surface area contributed by atoms with Gasteiger partial charge in [-0.25, -0.2) is 4.98 Å². The van der Waals surface area contributed by atoms with Gasteiger partial charge < -0.3 is 30.9 Å². The molecule has 3 atom stereocenters. The number of amides is 4. The number of hydrogen-bond acceptors (Lipinski definition) is 6. The van der Waals surface area contributed by atoms with Gasteiger partial charge in [-0.05, 0) is 19.3 Å². The van der Waals surface area contributed by atoms with Crippen molar-refractivity contribution in [2.45, 2.75) is 50.2 Å². The molecule has 0 bridgehead atoms. The first-order chi connectivity index (χ1) is 14.3. The summed E-state index contributed by atoms with van der Waals surface area (Å²) in [5.74, 6) is -2.86. The first kappa shape index (κ1) is 21.3. The van der Waals surface area contributed by atoms with E-state index in [1.165, 1.54) is 17.4 Å². The summed E-state index contributed by atoms with van der Waals surface area (Å²) < 4.78 is 0. The molecule has 12 heteroatoms. The number of H-pyrrole nitrogens is 1. The predicted octanol–water partition coefficient (Wildman–Crippen LogP) is -2.09. The maximum atomic E-state index is 13.2. The molecular formula is C18H24N6O6. The highest BCUT2D eigenvalue weighted by molar-refractivity contribution is 5.96. The maximum Gasteiger partial charge on any atom is 0.322 e. The second-order valence-electron chi connectivity index (χ2n) is 7.30. The zero-order chi connectivity index (χ0) is 21.7. The summed E-state index contributed by atoms with van der Waals surface area (Å²) in [5.41, 5.74) is 0.621. The summed E-state index contributed by atoms with van der Waals surface area (Å²) in [6.45, 7) is -0.216. The van der Waals surface area contributed by atoms with Gasteiger partial charge in [-0.15, -0.1) is 0 Å². The smallest absolute Gasteiger partial charge is 0.322 e. The highest BCUT2D eigenvalue weighted by Crippen LogP contribution is 2.20. The van der Waals surface area contributed by atoms with Crippen LogP contribution >= 0.6 is 0 Å². The zero-order valence-electron chi connectivity index (χ0n) is 16.2. The Hall–Kier alpha value is -3.44. The third kappa shape index (κ3) is 5.13. The Kier molecular flexibility index (Phi) is 6.65. The van der Waals surface area contributed by atoms with Crippen LogP contribution in [0.5, 0.6) is 0 Å². The van der Waals surface area contributed by atoms with Gasteiger partial charge in [0.15, 0.2) is 0 Å². The van der Waals surface area contributed by atoms with E-state index in [1.807, 2.05) is 0 Å². The molecule has 3 rings (SSSR count). The second kappa shape index (κ2) is 9.37. The molecule has 2 aliphatic heterocycles. The van der Waals surface area contributed by atoms with E-state index < -0.39 is 48.4 Å². The van der Waals surface area contributed by atoms with Crippen molar-refractivity contribution in [2.75, 3.05) is 13.1 Å². The molecule has 0 unspecified atom stereocenters. The van der Waals surface area contributed by atoms with Crippen LogP contribution in [0.1, 0.15) is 31.4 Å². The third-order valence-corrected chi connectivity index (χ3v) is 5.16. The molecule has 0 radical (unpaired) electrons. The van der Waals surface area contributed by atoms with Crippen molar-refractivity contribution >= 4 is 29.6 Å². The number of carboxylic acid groups (broad SMARTS) is 1. The summed E-state index contributed by atoms with van der Waals surface area (Å²) in [5, 5.41) is 16.3. The fourth-order valence-electron chi connectivity index (χ4n) is 3.68. The highest BCUT2D eigenvalue weighted by Gasteiger charge is 2.39. The lowest BCUT2D eigenvalue weighted by Gasteiger charge is -2.29. The van der Waals surface area contributed by atoms with E-state index in [0.29, 0.717) is 31.5 Å². The number of likely N-dealkylation sites (tertiary alicyclic amines) is 1. The molecule has 2 fully saturated rings. The second-order valence-corrected chi connectivity index (χ2v) is 7.30. The molecule has 1 aromatic rings. The van der Waals surface area contributed by atoms with E-state index in [-0.39, 0.29) is 18.7 Å². The Morgan fingerprint density at radius 2 is 2.07 bits per heavy atom. The summed E-state index contributed by atoms with van der Waals surface area (Å²) in [4.78, 5) is 68.4. The van der Waals surface area contributed by atoms with Crippen LogP contribution in [0.25, 0.3) is 0 Å². The van der Waals surface area contributed by atoms with Gasteiger partial charge in [-0.1, -0.05) is 0 Å². The summed E-state index contributed by atoms with van der Waals surface area (Å²) in [6, 6.07) is -2.48. The summed E-state index contributed by atoms with van der Waals surface area (Å²) in [7, 11) is 0. The summed E-state index contributed by atoms with van der Waals surface area (Å²) >= 11 is 0. The lowest BCUT2D eigenvalue weighted by Crippen LogP contribution is -2.56. The number of rotatable bonds is 8. The number of carbonyl (C=O) groups is 5. The average Bonchev–Trinajstić information content (AvgIpc) is 3.46. The monoisotopic (exact) mass is 420 g/mol. The number of aromatic nitrogens is 2. The predicted molar refractivity (Wildman–Crippen MR) is 101 cm³/mol. The van der Waals surface area contributed by atoms with E-state index in [9.17, 15) is 24.0 Å². The number of aromatic amines is 1. The van der Waals surface area contributed by atoms with Crippen LogP contribution in [0.3, 0.4) is 0 Å². The lowest BCUT2D eigenvalue weighted by atomic mass is 10.1. The first-order valence-electron chi connectivity index (χ1n) is 9.72. The van der Waals surface area contributed by atoms with E-state index in [2.05, 4.69) is 25.9 Å². The van der Waals surface area contributed by atoms with E-state index >= 15 is 0 Å². The first-order valence-corrected chi connectivity index (χ1v) is 9.72. The van der Waals surface area contributed by atoms with Crippen molar-refractivity contribution < 1.29 is 29.1 Å². The molecule has 0 aromatic carbocycles. The Balaban J connectivity index is 1.71. The van der Waals surface area contributed by atoms with Gasteiger partial charge in [-0.3, -0.25) is 24.0 Å². The number of carbonyl (C=O) groups excluding carboxylic acids is 4. The Morgan fingerprint density at radius 3 is 2.70 bits per heavy atom. The molecule has 30 heavy (non-hydrogen) atoms. The van der Waals surface area contributed by atoms with Gasteiger partial charge in [0.25, 0.3) is 0 Å². The molecule has 12 nitrogen and oxygen atoms in total. The zero-order valence-corrected chi connectivity index (χ0v) is 16.2. The fraction of sp³-hybridized carbons (Fsp3) is 0.556. The Morgan fingerprint density at radius 1 is 1.27 bits per heavy atom.